The molecule has 0 spiro atoms. The largest absolute Gasteiger partial charge is 0.389 e. The Morgan fingerprint density at radius 3 is 2.95 bits per heavy atom. The first kappa shape index (κ1) is 16.0. The molecule has 1 atom stereocenters. The number of aliphatic hydroxyl groups is 1. The van der Waals surface area contributed by atoms with Crippen molar-refractivity contribution in [1.29, 1.82) is 0 Å². The van der Waals surface area contributed by atoms with Gasteiger partial charge in [-0.3, -0.25) is 4.79 Å². The van der Waals surface area contributed by atoms with Gasteiger partial charge in [0.25, 0.3) is 5.91 Å². The molecule has 21 heavy (non-hydrogen) atoms. The molecule has 6 heteroatoms. The molecule has 1 amide bonds. The number of thiazole rings is 1. The minimum Gasteiger partial charge on any atom is -0.389 e. The van der Waals surface area contributed by atoms with Crippen molar-refractivity contribution in [1.82, 2.24) is 15.2 Å². The molecule has 1 aliphatic rings. The van der Waals surface area contributed by atoms with Crippen LogP contribution in [0.4, 0.5) is 0 Å². The standard InChI is InChI=1S/C15H23N3O2S/c1-10-6-5-7-18(10)11(2)12-8-21-14(17-12)13(19)16-9-15(3,4)20/h8,10,20H,2,5-7,9H2,1,3-4H3,(H,16,19)/t10-/m0/s1. The van der Waals surface area contributed by atoms with E-state index >= 15 is 0 Å². The molecule has 1 fully saturated rings. The van der Waals surface area contributed by atoms with Crippen LogP contribution in [0.2, 0.25) is 0 Å². The van der Waals surface area contributed by atoms with Gasteiger partial charge in [0.1, 0.15) is 0 Å². The molecule has 1 aromatic rings. The van der Waals surface area contributed by atoms with Gasteiger partial charge < -0.3 is 15.3 Å². The molecule has 2 rings (SSSR count). The van der Waals surface area contributed by atoms with Gasteiger partial charge in [0.2, 0.25) is 0 Å². The predicted molar refractivity (Wildman–Crippen MR) is 85.2 cm³/mol. The van der Waals surface area contributed by atoms with Crippen LogP contribution in [0.15, 0.2) is 12.0 Å². The van der Waals surface area contributed by atoms with Crippen molar-refractivity contribution < 1.29 is 9.90 Å². The van der Waals surface area contributed by atoms with Gasteiger partial charge in [-0.1, -0.05) is 6.58 Å². The highest BCUT2D eigenvalue weighted by Gasteiger charge is 2.24. The number of nitrogens with zero attached hydrogens (tertiary/aromatic N) is 2. The van der Waals surface area contributed by atoms with Gasteiger partial charge in [0, 0.05) is 24.5 Å². The highest BCUT2D eigenvalue weighted by molar-refractivity contribution is 7.11. The smallest absolute Gasteiger partial charge is 0.280 e. The number of carbonyl (C=O) groups is 1. The Kier molecular flexibility index (Phi) is 4.68. The molecular formula is C15H23N3O2S. The number of likely N-dealkylation sites (tertiary alicyclic amines) is 1. The van der Waals surface area contributed by atoms with Gasteiger partial charge >= 0.3 is 0 Å². The Labute approximate surface area is 129 Å². The molecule has 1 saturated heterocycles. The maximum absolute atomic E-state index is 12.0. The van der Waals surface area contributed by atoms with E-state index < -0.39 is 5.60 Å². The van der Waals surface area contributed by atoms with Gasteiger partial charge in [-0.2, -0.15) is 0 Å². The monoisotopic (exact) mass is 309 g/mol. The Bertz CT molecular complexity index is 533. The second kappa shape index (κ2) is 6.15. The van der Waals surface area contributed by atoms with E-state index in [2.05, 4.69) is 28.7 Å². The van der Waals surface area contributed by atoms with Crippen molar-refractivity contribution in [3.05, 3.63) is 22.7 Å². The molecule has 2 heterocycles. The quantitative estimate of drug-likeness (QED) is 0.874. The summed E-state index contributed by atoms with van der Waals surface area (Å²) in [5.74, 6) is -0.254. The van der Waals surface area contributed by atoms with Crippen molar-refractivity contribution in [3.8, 4) is 0 Å². The summed E-state index contributed by atoms with van der Waals surface area (Å²) in [6.45, 7) is 10.8. The normalized spacial score (nSPS) is 18.9. The average molecular weight is 309 g/mol. The molecule has 0 aliphatic carbocycles. The third-order valence-corrected chi connectivity index (χ3v) is 4.42. The SMILES string of the molecule is C=C(c1csc(C(=O)NCC(C)(C)O)n1)N1CCC[C@@H]1C. The molecule has 0 aromatic carbocycles. The van der Waals surface area contributed by atoms with E-state index in [1.165, 1.54) is 24.2 Å². The number of nitrogens with one attached hydrogen (secondary N) is 1. The fourth-order valence-electron chi connectivity index (χ4n) is 2.36. The van der Waals surface area contributed by atoms with Gasteiger partial charge in [-0.15, -0.1) is 11.3 Å². The first-order valence-electron chi connectivity index (χ1n) is 7.20. The number of carbonyl (C=O) groups excluding carboxylic acids is 1. The lowest BCUT2D eigenvalue weighted by molar-refractivity contribution is 0.0694. The molecule has 1 aliphatic heterocycles. The lowest BCUT2D eigenvalue weighted by Crippen LogP contribution is -2.38. The summed E-state index contributed by atoms with van der Waals surface area (Å²) in [5.41, 5.74) is 0.726. The molecule has 5 nitrogen and oxygen atoms in total. The van der Waals surface area contributed by atoms with E-state index in [1.54, 1.807) is 13.8 Å². The fourth-order valence-corrected chi connectivity index (χ4v) is 3.11. The third kappa shape index (κ3) is 4.04. The van der Waals surface area contributed by atoms with Gasteiger partial charge in [0.15, 0.2) is 5.01 Å². The summed E-state index contributed by atoms with van der Waals surface area (Å²) >= 11 is 1.30. The summed E-state index contributed by atoms with van der Waals surface area (Å²) in [6.07, 6.45) is 2.34. The molecule has 0 radical (unpaired) electrons. The third-order valence-electron chi connectivity index (χ3n) is 3.58. The predicted octanol–water partition coefficient (Wildman–Crippen LogP) is 2.10. The number of hydrogen-bond acceptors (Lipinski definition) is 5. The lowest BCUT2D eigenvalue weighted by atomic mass is 10.1. The summed E-state index contributed by atoms with van der Waals surface area (Å²) < 4.78 is 0. The minimum absolute atomic E-state index is 0.199. The van der Waals surface area contributed by atoms with Gasteiger partial charge in [-0.25, -0.2) is 4.98 Å². The van der Waals surface area contributed by atoms with E-state index in [9.17, 15) is 9.90 Å². The van der Waals surface area contributed by atoms with Gasteiger partial charge in [-0.05, 0) is 33.6 Å². The topological polar surface area (TPSA) is 65.5 Å². The zero-order chi connectivity index (χ0) is 15.6. The van der Waals surface area contributed by atoms with E-state index in [0.29, 0.717) is 11.0 Å². The maximum atomic E-state index is 12.0. The van der Waals surface area contributed by atoms with Crippen LogP contribution in [-0.4, -0.2) is 45.6 Å². The van der Waals surface area contributed by atoms with Gasteiger partial charge in [0.05, 0.1) is 17.0 Å². The van der Waals surface area contributed by atoms with Crippen molar-refractivity contribution in [2.75, 3.05) is 13.1 Å². The van der Waals surface area contributed by atoms with Crippen LogP contribution in [-0.2, 0) is 0 Å². The fraction of sp³-hybridized carbons (Fsp3) is 0.600. The Morgan fingerprint density at radius 1 is 1.67 bits per heavy atom. The molecule has 1 aromatic heterocycles. The second-order valence-electron chi connectivity index (χ2n) is 6.16. The molecule has 0 unspecified atom stereocenters. The number of hydrogen-bond donors (Lipinski definition) is 2. The van der Waals surface area contributed by atoms with Crippen LogP contribution < -0.4 is 5.32 Å². The number of rotatable bonds is 5. The molecule has 2 N–H and O–H groups in total. The number of aromatic nitrogens is 1. The number of amides is 1. The Hall–Kier alpha value is -1.40. The van der Waals surface area contributed by atoms with E-state index in [-0.39, 0.29) is 12.5 Å². The summed E-state index contributed by atoms with van der Waals surface area (Å²) in [6, 6.07) is 0.478. The van der Waals surface area contributed by atoms with Crippen LogP contribution in [0.1, 0.15) is 49.1 Å². The molecular weight excluding hydrogens is 286 g/mol. The van der Waals surface area contributed by atoms with Crippen LogP contribution in [0.3, 0.4) is 0 Å². The zero-order valence-corrected chi connectivity index (χ0v) is 13.7. The lowest BCUT2D eigenvalue weighted by Gasteiger charge is -2.24. The molecule has 0 saturated carbocycles. The van der Waals surface area contributed by atoms with E-state index in [4.69, 9.17) is 0 Å². The highest BCUT2D eigenvalue weighted by atomic mass is 32.1. The molecule has 0 bridgehead atoms. The van der Waals surface area contributed by atoms with Crippen molar-refractivity contribution in [3.63, 3.8) is 0 Å². The zero-order valence-electron chi connectivity index (χ0n) is 12.8. The van der Waals surface area contributed by atoms with Crippen LogP contribution in [0.25, 0.3) is 5.70 Å². The highest BCUT2D eigenvalue weighted by Crippen LogP contribution is 2.27. The minimum atomic E-state index is -0.926. The van der Waals surface area contributed by atoms with Crippen molar-refractivity contribution in [2.24, 2.45) is 0 Å². The van der Waals surface area contributed by atoms with Crippen LogP contribution >= 0.6 is 11.3 Å². The van der Waals surface area contributed by atoms with E-state index in [1.807, 2.05) is 5.38 Å². The van der Waals surface area contributed by atoms with Crippen LogP contribution in [0, 0.1) is 0 Å². The van der Waals surface area contributed by atoms with Crippen molar-refractivity contribution in [2.45, 2.75) is 45.3 Å². The summed E-state index contributed by atoms with van der Waals surface area (Å²) in [4.78, 5) is 18.6. The first-order chi connectivity index (χ1) is 9.78. The summed E-state index contributed by atoms with van der Waals surface area (Å²) in [5, 5.41) is 14.6. The summed E-state index contributed by atoms with van der Waals surface area (Å²) in [7, 11) is 0. The maximum Gasteiger partial charge on any atom is 0.280 e. The van der Waals surface area contributed by atoms with Crippen molar-refractivity contribution >= 4 is 22.9 Å². The first-order valence-corrected chi connectivity index (χ1v) is 8.08. The molecule has 116 valence electrons. The van der Waals surface area contributed by atoms with Crippen LogP contribution in [0.5, 0.6) is 0 Å². The Balaban J connectivity index is 2.01. The Morgan fingerprint density at radius 2 is 2.38 bits per heavy atom. The average Bonchev–Trinajstić information content (AvgIpc) is 3.03. The second-order valence-corrected chi connectivity index (χ2v) is 7.02. The van der Waals surface area contributed by atoms with E-state index in [0.717, 1.165) is 17.9 Å².